The van der Waals surface area contributed by atoms with Crippen molar-refractivity contribution < 1.29 is 0 Å². The van der Waals surface area contributed by atoms with Crippen molar-refractivity contribution in [1.82, 2.24) is 4.98 Å². The lowest BCUT2D eigenvalue weighted by molar-refractivity contribution is 0.566. The van der Waals surface area contributed by atoms with E-state index in [9.17, 15) is 0 Å². The molecule has 0 fully saturated rings. The molecule has 1 nitrogen and oxygen atoms in total. The van der Waals surface area contributed by atoms with E-state index in [0.717, 1.165) is 6.42 Å². The molecular formula is C19H25N. The number of hydrogen-bond donors (Lipinski definition) is 0. The molecule has 0 saturated heterocycles. The Kier molecular flexibility index (Phi) is 4.27. The van der Waals surface area contributed by atoms with Crippen LogP contribution in [0.25, 0.3) is 0 Å². The molecule has 0 aliphatic carbocycles. The lowest BCUT2D eigenvalue weighted by Gasteiger charge is -2.21. The van der Waals surface area contributed by atoms with Crippen LogP contribution in [-0.4, -0.2) is 4.98 Å². The van der Waals surface area contributed by atoms with Gasteiger partial charge in [-0.2, -0.15) is 0 Å². The van der Waals surface area contributed by atoms with Gasteiger partial charge < -0.3 is 0 Å². The van der Waals surface area contributed by atoms with Crippen LogP contribution in [0.15, 0.2) is 42.6 Å². The summed E-state index contributed by atoms with van der Waals surface area (Å²) in [4.78, 5) is 4.69. The number of benzene rings is 1. The number of hydrogen-bond acceptors (Lipinski definition) is 1. The summed E-state index contributed by atoms with van der Waals surface area (Å²) in [6, 6.07) is 12.9. The van der Waals surface area contributed by atoms with Crippen LogP contribution in [0.4, 0.5) is 0 Å². The van der Waals surface area contributed by atoms with Crippen LogP contribution in [0.1, 0.15) is 62.9 Å². The van der Waals surface area contributed by atoms with Gasteiger partial charge >= 0.3 is 0 Å². The van der Waals surface area contributed by atoms with E-state index in [1.54, 1.807) is 0 Å². The number of rotatable bonds is 3. The summed E-state index contributed by atoms with van der Waals surface area (Å²) in [6.45, 7) is 11.2. The van der Waals surface area contributed by atoms with Crippen molar-refractivity contribution in [3.05, 3.63) is 65.0 Å². The van der Waals surface area contributed by atoms with E-state index >= 15 is 0 Å². The van der Waals surface area contributed by atoms with Crippen LogP contribution in [-0.2, 0) is 11.8 Å². The number of nitrogens with zero attached hydrogens (tertiary/aromatic N) is 1. The molecule has 1 heterocycles. The van der Waals surface area contributed by atoms with Crippen LogP contribution in [0, 0.1) is 0 Å². The first kappa shape index (κ1) is 14.8. The Morgan fingerprint density at radius 1 is 1.05 bits per heavy atom. The third-order valence-corrected chi connectivity index (χ3v) is 3.65. The maximum absolute atomic E-state index is 4.69. The molecule has 0 spiro atoms. The zero-order valence-corrected chi connectivity index (χ0v) is 13.3. The summed E-state index contributed by atoms with van der Waals surface area (Å²) < 4.78 is 0. The van der Waals surface area contributed by atoms with Gasteiger partial charge in [-0.1, -0.05) is 65.0 Å². The molecule has 106 valence electrons. The highest BCUT2D eigenvalue weighted by Gasteiger charge is 2.18. The Labute approximate surface area is 123 Å². The lowest BCUT2D eigenvalue weighted by Crippen LogP contribution is -2.15. The van der Waals surface area contributed by atoms with Gasteiger partial charge in [-0.3, -0.25) is 4.98 Å². The second kappa shape index (κ2) is 5.78. The molecule has 1 aromatic carbocycles. The molecule has 0 N–H and O–H groups in total. The molecule has 2 aromatic rings. The van der Waals surface area contributed by atoms with Crippen molar-refractivity contribution >= 4 is 0 Å². The predicted octanol–water partition coefficient (Wildman–Crippen LogP) is 5.09. The lowest BCUT2D eigenvalue weighted by atomic mass is 9.87. The van der Waals surface area contributed by atoms with Crippen LogP contribution >= 0.6 is 0 Å². The molecule has 0 bridgehead atoms. The van der Waals surface area contributed by atoms with Gasteiger partial charge in [0.15, 0.2) is 0 Å². The molecule has 0 unspecified atom stereocenters. The largest absolute Gasteiger partial charge is 0.260 e. The van der Waals surface area contributed by atoms with Crippen LogP contribution in [0.5, 0.6) is 0 Å². The Balaban J connectivity index is 2.38. The molecule has 0 saturated carbocycles. The van der Waals surface area contributed by atoms with Gasteiger partial charge in [0.25, 0.3) is 0 Å². The summed E-state index contributed by atoms with van der Waals surface area (Å²) in [5, 5.41) is 0. The molecule has 0 amide bonds. The monoisotopic (exact) mass is 267 g/mol. The summed E-state index contributed by atoms with van der Waals surface area (Å²) >= 11 is 0. The third-order valence-electron chi connectivity index (χ3n) is 3.65. The highest BCUT2D eigenvalue weighted by atomic mass is 14.7. The van der Waals surface area contributed by atoms with Crippen LogP contribution in [0.3, 0.4) is 0 Å². The van der Waals surface area contributed by atoms with Gasteiger partial charge in [-0.05, 0) is 35.1 Å². The maximum Gasteiger partial charge on any atom is 0.0460 e. The Hall–Kier alpha value is -1.63. The smallest absolute Gasteiger partial charge is 0.0460 e. The van der Waals surface area contributed by atoms with E-state index in [0.29, 0.717) is 5.92 Å². The summed E-state index contributed by atoms with van der Waals surface area (Å²) in [7, 11) is 0. The van der Waals surface area contributed by atoms with E-state index in [-0.39, 0.29) is 5.41 Å². The maximum atomic E-state index is 4.69. The summed E-state index contributed by atoms with van der Waals surface area (Å²) in [6.07, 6.45) is 3.04. The number of aromatic nitrogens is 1. The molecule has 0 atom stereocenters. The highest BCUT2D eigenvalue weighted by Crippen LogP contribution is 2.27. The second-order valence-corrected chi connectivity index (χ2v) is 6.84. The fraction of sp³-hybridized carbons (Fsp3) is 0.421. The minimum absolute atomic E-state index is 0.106. The van der Waals surface area contributed by atoms with Gasteiger partial charge in [0.05, 0.1) is 0 Å². The highest BCUT2D eigenvalue weighted by molar-refractivity contribution is 5.35. The van der Waals surface area contributed by atoms with Crippen molar-refractivity contribution in [3.8, 4) is 0 Å². The quantitative estimate of drug-likeness (QED) is 0.754. The van der Waals surface area contributed by atoms with Crippen LogP contribution in [0.2, 0.25) is 0 Å². The predicted molar refractivity (Wildman–Crippen MR) is 86.3 cm³/mol. The average Bonchev–Trinajstić information content (AvgIpc) is 2.38. The van der Waals surface area contributed by atoms with Gasteiger partial charge in [0.1, 0.15) is 0 Å². The first-order chi connectivity index (χ1) is 9.38. The fourth-order valence-corrected chi connectivity index (χ4v) is 2.41. The summed E-state index contributed by atoms with van der Waals surface area (Å²) in [5.74, 6) is 0.526. The first-order valence-electron chi connectivity index (χ1n) is 7.41. The standard InChI is InChI=1S/C19H25N/c1-14(2)17-12-18(19(3,4)5)20-13-16(17)11-15-9-7-6-8-10-15/h6-10,12-14H,11H2,1-5H3. The van der Waals surface area contributed by atoms with Crippen molar-refractivity contribution in [1.29, 1.82) is 0 Å². The number of pyridine rings is 1. The summed E-state index contributed by atoms with van der Waals surface area (Å²) in [5.41, 5.74) is 5.40. The molecule has 1 heteroatoms. The molecule has 1 aromatic heterocycles. The van der Waals surface area contributed by atoms with Crippen molar-refractivity contribution in [3.63, 3.8) is 0 Å². The van der Waals surface area contributed by atoms with E-state index in [1.807, 2.05) is 0 Å². The molecule has 20 heavy (non-hydrogen) atoms. The second-order valence-electron chi connectivity index (χ2n) is 6.84. The average molecular weight is 267 g/mol. The Bertz CT molecular complexity index is 562. The van der Waals surface area contributed by atoms with Gasteiger partial charge in [-0.15, -0.1) is 0 Å². The molecule has 0 aliphatic heterocycles. The van der Waals surface area contributed by atoms with Crippen molar-refractivity contribution in [2.75, 3.05) is 0 Å². The first-order valence-corrected chi connectivity index (χ1v) is 7.41. The van der Waals surface area contributed by atoms with E-state index in [1.165, 1.54) is 22.4 Å². The van der Waals surface area contributed by atoms with E-state index in [2.05, 4.69) is 82.2 Å². The Morgan fingerprint density at radius 3 is 2.25 bits per heavy atom. The molecule has 2 rings (SSSR count). The zero-order chi connectivity index (χ0) is 14.8. The topological polar surface area (TPSA) is 12.9 Å². The van der Waals surface area contributed by atoms with Gasteiger partial charge in [-0.25, -0.2) is 0 Å². The van der Waals surface area contributed by atoms with Crippen molar-refractivity contribution in [2.24, 2.45) is 0 Å². The fourth-order valence-electron chi connectivity index (χ4n) is 2.41. The SMILES string of the molecule is CC(C)c1cc(C(C)(C)C)ncc1Cc1ccccc1. The Morgan fingerprint density at radius 2 is 1.70 bits per heavy atom. The molecule has 0 radical (unpaired) electrons. The third kappa shape index (κ3) is 3.47. The van der Waals surface area contributed by atoms with Gasteiger partial charge in [0.2, 0.25) is 0 Å². The van der Waals surface area contributed by atoms with Crippen molar-refractivity contribution in [2.45, 2.75) is 52.4 Å². The minimum Gasteiger partial charge on any atom is -0.260 e. The molecule has 0 aliphatic rings. The minimum atomic E-state index is 0.106. The van der Waals surface area contributed by atoms with E-state index < -0.39 is 0 Å². The van der Waals surface area contributed by atoms with Crippen LogP contribution < -0.4 is 0 Å². The van der Waals surface area contributed by atoms with Gasteiger partial charge in [0, 0.05) is 17.3 Å². The molecular weight excluding hydrogens is 242 g/mol. The zero-order valence-electron chi connectivity index (χ0n) is 13.3. The normalized spacial score (nSPS) is 11.9. The van der Waals surface area contributed by atoms with E-state index in [4.69, 9.17) is 0 Å².